The topological polar surface area (TPSA) is 23.8 Å². The number of hydrogen-bond donors (Lipinski definition) is 0. The largest absolute Gasteiger partial charge is 0.255 e. The fraction of sp³-hybridized carbons (Fsp3) is 1.00. The van der Waals surface area contributed by atoms with Crippen molar-refractivity contribution in [2.24, 2.45) is 0 Å². The highest BCUT2D eigenvalue weighted by Gasteiger charge is 2.00. The standard InChI is InChI=1S/C15H32N/c1-3-5-6-7-8-9-10-11-12-14-15(16)13-4-2/h15-16H,3-14H2,1-2H3. The molecule has 0 saturated heterocycles. The van der Waals surface area contributed by atoms with Crippen molar-refractivity contribution >= 4 is 0 Å². The highest BCUT2D eigenvalue weighted by Crippen LogP contribution is 2.12. The second kappa shape index (κ2) is 13.0. The van der Waals surface area contributed by atoms with Crippen LogP contribution in [0.4, 0.5) is 0 Å². The Morgan fingerprint density at radius 3 is 1.62 bits per heavy atom. The number of unbranched alkanes of at least 4 members (excludes halogenated alkanes) is 8. The van der Waals surface area contributed by atoms with Crippen LogP contribution in [0.25, 0.3) is 0 Å². The van der Waals surface area contributed by atoms with E-state index in [2.05, 4.69) is 13.8 Å². The summed E-state index contributed by atoms with van der Waals surface area (Å²) in [5, 5.41) is 0. The van der Waals surface area contributed by atoms with Crippen molar-refractivity contribution in [1.82, 2.24) is 5.73 Å². The van der Waals surface area contributed by atoms with Crippen LogP contribution in [0.1, 0.15) is 90.9 Å². The van der Waals surface area contributed by atoms with Gasteiger partial charge in [0.2, 0.25) is 0 Å². The monoisotopic (exact) mass is 226 g/mol. The van der Waals surface area contributed by atoms with Gasteiger partial charge in [-0.3, -0.25) is 5.73 Å². The molecule has 0 heterocycles. The molecular formula is C15H32N. The smallest absolute Gasteiger partial charge is 0.0212 e. The number of nitrogens with one attached hydrogen (secondary N) is 1. The molecule has 0 saturated carbocycles. The fourth-order valence-electron chi connectivity index (χ4n) is 2.19. The first-order valence-electron chi connectivity index (χ1n) is 7.52. The highest BCUT2D eigenvalue weighted by molar-refractivity contribution is 4.59. The maximum absolute atomic E-state index is 7.76. The summed E-state index contributed by atoms with van der Waals surface area (Å²) in [6, 6.07) is 0.217. The lowest BCUT2D eigenvalue weighted by atomic mass is 10.0. The Labute approximate surface area is 103 Å². The van der Waals surface area contributed by atoms with Crippen molar-refractivity contribution in [3.8, 4) is 0 Å². The van der Waals surface area contributed by atoms with Gasteiger partial charge in [0.25, 0.3) is 0 Å². The van der Waals surface area contributed by atoms with Gasteiger partial charge in [-0.25, -0.2) is 0 Å². The van der Waals surface area contributed by atoms with Crippen molar-refractivity contribution in [3.63, 3.8) is 0 Å². The van der Waals surface area contributed by atoms with Gasteiger partial charge in [0.1, 0.15) is 0 Å². The molecule has 0 aromatic heterocycles. The average molecular weight is 226 g/mol. The normalized spacial score (nSPS) is 12.9. The van der Waals surface area contributed by atoms with Crippen LogP contribution in [-0.2, 0) is 0 Å². The quantitative estimate of drug-likeness (QED) is 0.400. The fourth-order valence-corrected chi connectivity index (χ4v) is 2.19. The minimum atomic E-state index is 0.217. The first-order chi connectivity index (χ1) is 7.81. The second-order valence-electron chi connectivity index (χ2n) is 5.10. The van der Waals surface area contributed by atoms with Gasteiger partial charge in [0, 0.05) is 6.04 Å². The number of rotatable bonds is 12. The Hall–Kier alpha value is -0.0400. The molecule has 0 aromatic rings. The van der Waals surface area contributed by atoms with Gasteiger partial charge in [-0.1, -0.05) is 78.1 Å². The molecule has 1 radical (unpaired) electrons. The Balaban J connectivity index is 2.98. The van der Waals surface area contributed by atoms with E-state index in [1.165, 1.54) is 64.2 Å². The summed E-state index contributed by atoms with van der Waals surface area (Å²) in [5.74, 6) is 0. The van der Waals surface area contributed by atoms with E-state index in [-0.39, 0.29) is 6.04 Å². The van der Waals surface area contributed by atoms with E-state index in [0.717, 1.165) is 12.8 Å². The lowest BCUT2D eigenvalue weighted by Crippen LogP contribution is -2.07. The second-order valence-corrected chi connectivity index (χ2v) is 5.10. The summed E-state index contributed by atoms with van der Waals surface area (Å²) in [5.41, 5.74) is 7.76. The molecule has 16 heavy (non-hydrogen) atoms. The van der Waals surface area contributed by atoms with E-state index in [1.54, 1.807) is 0 Å². The van der Waals surface area contributed by atoms with Crippen molar-refractivity contribution in [1.29, 1.82) is 0 Å². The van der Waals surface area contributed by atoms with Crippen LogP contribution in [0.15, 0.2) is 0 Å². The summed E-state index contributed by atoms with van der Waals surface area (Å²) in [6.07, 6.45) is 15.9. The van der Waals surface area contributed by atoms with Gasteiger partial charge in [-0.15, -0.1) is 0 Å². The third kappa shape index (κ3) is 12.0. The van der Waals surface area contributed by atoms with Crippen LogP contribution in [-0.4, -0.2) is 6.04 Å². The highest BCUT2D eigenvalue weighted by atomic mass is 14.6. The Bertz CT molecular complexity index is 123. The predicted molar refractivity (Wildman–Crippen MR) is 73.6 cm³/mol. The molecule has 0 fully saturated rings. The summed E-state index contributed by atoms with van der Waals surface area (Å²) < 4.78 is 0. The van der Waals surface area contributed by atoms with Gasteiger partial charge >= 0.3 is 0 Å². The maximum Gasteiger partial charge on any atom is 0.0212 e. The molecule has 1 N–H and O–H groups in total. The van der Waals surface area contributed by atoms with E-state index >= 15 is 0 Å². The third-order valence-electron chi connectivity index (χ3n) is 3.29. The minimum Gasteiger partial charge on any atom is -0.255 e. The lowest BCUT2D eigenvalue weighted by molar-refractivity contribution is 0.495. The third-order valence-corrected chi connectivity index (χ3v) is 3.29. The molecule has 0 aliphatic heterocycles. The molecule has 1 atom stereocenters. The van der Waals surface area contributed by atoms with E-state index < -0.39 is 0 Å². The van der Waals surface area contributed by atoms with E-state index in [4.69, 9.17) is 5.73 Å². The molecule has 0 aromatic carbocycles. The molecule has 1 heteroatoms. The van der Waals surface area contributed by atoms with Crippen molar-refractivity contribution in [2.45, 2.75) is 96.9 Å². The maximum atomic E-state index is 7.76. The van der Waals surface area contributed by atoms with Crippen molar-refractivity contribution in [3.05, 3.63) is 0 Å². The van der Waals surface area contributed by atoms with E-state index in [0.29, 0.717) is 0 Å². The van der Waals surface area contributed by atoms with Gasteiger partial charge in [-0.05, 0) is 12.8 Å². The van der Waals surface area contributed by atoms with Crippen LogP contribution in [0.5, 0.6) is 0 Å². The van der Waals surface area contributed by atoms with Crippen molar-refractivity contribution in [2.75, 3.05) is 0 Å². The SMILES string of the molecule is CCCCCCCCCCCC([NH])CCC. The molecule has 1 nitrogen and oxygen atoms in total. The molecule has 0 bridgehead atoms. The Kier molecular flexibility index (Phi) is 13.0. The van der Waals surface area contributed by atoms with E-state index in [9.17, 15) is 0 Å². The van der Waals surface area contributed by atoms with Crippen LogP contribution in [0.3, 0.4) is 0 Å². The van der Waals surface area contributed by atoms with Crippen LogP contribution in [0.2, 0.25) is 0 Å². The molecule has 97 valence electrons. The van der Waals surface area contributed by atoms with Gasteiger partial charge in [-0.2, -0.15) is 0 Å². The summed E-state index contributed by atoms with van der Waals surface area (Å²) in [7, 11) is 0. The summed E-state index contributed by atoms with van der Waals surface area (Å²) in [4.78, 5) is 0. The zero-order valence-electron chi connectivity index (χ0n) is 11.6. The van der Waals surface area contributed by atoms with Crippen LogP contribution >= 0.6 is 0 Å². The van der Waals surface area contributed by atoms with Gasteiger partial charge < -0.3 is 0 Å². The van der Waals surface area contributed by atoms with E-state index in [1.807, 2.05) is 0 Å². The zero-order chi connectivity index (χ0) is 12.1. The summed E-state index contributed by atoms with van der Waals surface area (Å²) in [6.45, 7) is 4.45. The first-order valence-corrected chi connectivity index (χ1v) is 7.52. The van der Waals surface area contributed by atoms with Crippen LogP contribution in [0, 0.1) is 0 Å². The average Bonchev–Trinajstić information content (AvgIpc) is 2.27. The molecule has 1 unspecified atom stereocenters. The molecular weight excluding hydrogens is 194 g/mol. The molecule has 0 aliphatic carbocycles. The molecule has 0 rings (SSSR count). The number of hydrogen-bond acceptors (Lipinski definition) is 0. The Morgan fingerprint density at radius 2 is 1.12 bits per heavy atom. The first kappa shape index (κ1) is 16.0. The summed E-state index contributed by atoms with van der Waals surface area (Å²) >= 11 is 0. The minimum absolute atomic E-state index is 0.217. The predicted octanol–water partition coefficient (Wildman–Crippen LogP) is 5.36. The van der Waals surface area contributed by atoms with Gasteiger partial charge in [0.15, 0.2) is 0 Å². The lowest BCUT2D eigenvalue weighted by Gasteiger charge is -2.08. The molecule has 0 spiro atoms. The zero-order valence-corrected chi connectivity index (χ0v) is 11.6. The van der Waals surface area contributed by atoms with Crippen molar-refractivity contribution < 1.29 is 0 Å². The Morgan fingerprint density at radius 1 is 0.625 bits per heavy atom. The van der Waals surface area contributed by atoms with Gasteiger partial charge in [0.05, 0.1) is 0 Å². The molecule has 0 aliphatic rings. The molecule has 0 amide bonds. The van der Waals surface area contributed by atoms with Crippen LogP contribution < -0.4 is 5.73 Å².